The summed E-state index contributed by atoms with van der Waals surface area (Å²) in [5.41, 5.74) is -0.637. The molecule has 0 radical (unpaired) electrons. The van der Waals surface area contributed by atoms with Crippen molar-refractivity contribution in [1.29, 1.82) is 0 Å². The zero-order valence-corrected chi connectivity index (χ0v) is 14.4. The van der Waals surface area contributed by atoms with Gasteiger partial charge in [0, 0.05) is 18.1 Å². The van der Waals surface area contributed by atoms with E-state index in [1.807, 2.05) is 13.8 Å². The van der Waals surface area contributed by atoms with Crippen LogP contribution in [-0.2, 0) is 14.3 Å². The third-order valence-corrected chi connectivity index (χ3v) is 2.68. The maximum absolute atomic E-state index is 11.9. The van der Waals surface area contributed by atoms with E-state index in [2.05, 4.69) is 0 Å². The number of carboxylic acid groups (broad SMARTS) is 1. The van der Waals surface area contributed by atoms with Crippen LogP contribution in [0.1, 0.15) is 34.6 Å². The van der Waals surface area contributed by atoms with Crippen LogP contribution in [0.2, 0.25) is 0 Å². The maximum atomic E-state index is 11.9. The molecule has 0 amide bonds. The van der Waals surface area contributed by atoms with Crippen LogP contribution in [0.5, 0.6) is 5.75 Å². The molecule has 0 bridgehead atoms. The van der Waals surface area contributed by atoms with Gasteiger partial charge in [0.05, 0.1) is 10.3 Å². The van der Waals surface area contributed by atoms with Gasteiger partial charge in [-0.25, -0.2) is 0 Å². The van der Waals surface area contributed by atoms with E-state index < -0.39 is 16.6 Å². The second-order valence-electron chi connectivity index (χ2n) is 6.24. The van der Waals surface area contributed by atoms with Crippen LogP contribution in [0.25, 0.3) is 0 Å². The molecule has 8 heteroatoms. The van der Waals surface area contributed by atoms with Gasteiger partial charge in [-0.05, 0) is 32.9 Å². The van der Waals surface area contributed by atoms with Gasteiger partial charge in [-0.3, -0.25) is 19.7 Å². The van der Waals surface area contributed by atoms with E-state index in [1.54, 1.807) is 20.8 Å². The van der Waals surface area contributed by atoms with Gasteiger partial charge in [-0.15, -0.1) is 0 Å². The van der Waals surface area contributed by atoms with Crippen LogP contribution in [0.3, 0.4) is 0 Å². The topological polar surface area (TPSA) is 116 Å². The highest BCUT2D eigenvalue weighted by Gasteiger charge is 2.28. The average molecular weight is 341 g/mol. The molecule has 0 aliphatic carbocycles. The number of ether oxygens (including phenoxy) is 2. The van der Waals surface area contributed by atoms with Gasteiger partial charge in [0.2, 0.25) is 6.29 Å². The molecular weight excluding hydrogens is 318 g/mol. The lowest BCUT2D eigenvalue weighted by atomic mass is 9.97. The van der Waals surface area contributed by atoms with Crippen LogP contribution in [0.15, 0.2) is 24.3 Å². The summed E-state index contributed by atoms with van der Waals surface area (Å²) in [6, 6.07) is 5.66. The Labute approximate surface area is 140 Å². The molecule has 1 rings (SSSR count). The van der Waals surface area contributed by atoms with Crippen molar-refractivity contribution in [2.45, 2.75) is 40.9 Å². The van der Waals surface area contributed by atoms with E-state index in [1.165, 1.54) is 24.3 Å². The Balaban J connectivity index is 0.00000163. The van der Waals surface area contributed by atoms with Crippen molar-refractivity contribution in [3.05, 3.63) is 34.4 Å². The van der Waals surface area contributed by atoms with Gasteiger partial charge >= 0.3 is 5.97 Å². The summed E-state index contributed by atoms with van der Waals surface area (Å²) in [4.78, 5) is 30.4. The summed E-state index contributed by atoms with van der Waals surface area (Å²) in [6.45, 7) is 8.77. The van der Waals surface area contributed by atoms with Crippen LogP contribution >= 0.6 is 0 Å². The standard InChI is InChI=1S/C15H21NO5.CH2O2/c1-10(2)13(21-14(17)15(3,4)5)20-12-8-6-11(7-9-12)16(18)19;2-1-3/h6-10,13H,1-5H3;1H,(H,2,3). The minimum Gasteiger partial charge on any atom is -0.483 e. The molecule has 1 aromatic rings. The van der Waals surface area contributed by atoms with Crippen molar-refractivity contribution >= 4 is 18.1 Å². The molecule has 0 spiro atoms. The van der Waals surface area contributed by atoms with Crippen LogP contribution in [0.4, 0.5) is 5.69 Å². The molecule has 0 heterocycles. The summed E-state index contributed by atoms with van der Waals surface area (Å²) in [5.74, 6) is 0.00983. The third-order valence-electron chi connectivity index (χ3n) is 2.68. The first-order chi connectivity index (χ1) is 11.0. The first-order valence-electron chi connectivity index (χ1n) is 7.23. The summed E-state index contributed by atoms with van der Waals surface area (Å²) in [7, 11) is 0. The third kappa shape index (κ3) is 7.57. The maximum Gasteiger partial charge on any atom is 0.314 e. The minimum atomic E-state index is -0.738. The number of carbonyl (C=O) groups is 2. The molecule has 0 aliphatic heterocycles. The molecule has 0 saturated carbocycles. The molecule has 0 aliphatic rings. The van der Waals surface area contributed by atoms with Gasteiger partial charge in [0.25, 0.3) is 12.2 Å². The predicted octanol–water partition coefficient (Wildman–Crippen LogP) is 3.25. The smallest absolute Gasteiger partial charge is 0.314 e. The first kappa shape index (κ1) is 21.4. The Morgan fingerprint density at radius 1 is 1.25 bits per heavy atom. The zero-order chi connectivity index (χ0) is 18.9. The summed E-state index contributed by atoms with van der Waals surface area (Å²) < 4.78 is 11.0. The molecule has 0 saturated heterocycles. The van der Waals surface area contributed by atoms with Crippen molar-refractivity contribution in [3.8, 4) is 5.75 Å². The van der Waals surface area contributed by atoms with Crippen molar-refractivity contribution in [2.24, 2.45) is 11.3 Å². The van der Waals surface area contributed by atoms with E-state index in [4.69, 9.17) is 19.4 Å². The van der Waals surface area contributed by atoms with Crippen molar-refractivity contribution in [3.63, 3.8) is 0 Å². The van der Waals surface area contributed by atoms with Gasteiger partial charge in [0.1, 0.15) is 5.75 Å². The van der Waals surface area contributed by atoms with E-state index >= 15 is 0 Å². The van der Waals surface area contributed by atoms with Crippen molar-refractivity contribution < 1.29 is 29.1 Å². The van der Waals surface area contributed by atoms with Gasteiger partial charge in [-0.1, -0.05) is 13.8 Å². The molecule has 134 valence electrons. The number of rotatable bonds is 5. The number of nitro benzene ring substituents is 1. The van der Waals surface area contributed by atoms with E-state index in [-0.39, 0.29) is 24.0 Å². The lowest BCUT2D eigenvalue weighted by Gasteiger charge is -2.26. The number of non-ortho nitro benzene ring substituents is 1. The quantitative estimate of drug-likeness (QED) is 0.287. The number of benzene rings is 1. The largest absolute Gasteiger partial charge is 0.483 e. The number of esters is 1. The highest BCUT2D eigenvalue weighted by Crippen LogP contribution is 2.23. The highest BCUT2D eigenvalue weighted by atomic mass is 16.7. The number of carbonyl (C=O) groups excluding carboxylic acids is 1. The van der Waals surface area contributed by atoms with Crippen LogP contribution < -0.4 is 4.74 Å². The molecule has 1 N–H and O–H groups in total. The van der Waals surface area contributed by atoms with Gasteiger partial charge in [-0.2, -0.15) is 0 Å². The van der Waals surface area contributed by atoms with E-state index in [9.17, 15) is 14.9 Å². The monoisotopic (exact) mass is 341 g/mol. The molecule has 0 aromatic heterocycles. The molecule has 1 atom stereocenters. The number of nitrogens with zero attached hydrogens (tertiary/aromatic N) is 1. The zero-order valence-electron chi connectivity index (χ0n) is 14.4. The average Bonchev–Trinajstić information content (AvgIpc) is 2.46. The molecule has 0 fully saturated rings. The van der Waals surface area contributed by atoms with Crippen molar-refractivity contribution in [2.75, 3.05) is 0 Å². The lowest BCUT2D eigenvalue weighted by molar-refractivity contribution is -0.384. The molecule has 1 aromatic carbocycles. The Hall–Kier alpha value is -2.64. The molecule has 8 nitrogen and oxygen atoms in total. The fraction of sp³-hybridized carbons (Fsp3) is 0.500. The Morgan fingerprint density at radius 3 is 2.04 bits per heavy atom. The minimum absolute atomic E-state index is 0.0184. The van der Waals surface area contributed by atoms with Crippen LogP contribution in [-0.4, -0.2) is 28.8 Å². The first-order valence-corrected chi connectivity index (χ1v) is 7.23. The fourth-order valence-electron chi connectivity index (χ4n) is 1.36. The SMILES string of the molecule is CC(C)C(OC(=O)C(C)(C)C)Oc1ccc([N+](=O)[O-])cc1.O=CO. The highest BCUT2D eigenvalue weighted by molar-refractivity contribution is 5.75. The summed E-state index contributed by atoms with van der Waals surface area (Å²) in [5, 5.41) is 17.5. The number of hydrogen-bond donors (Lipinski definition) is 1. The summed E-state index contributed by atoms with van der Waals surface area (Å²) >= 11 is 0. The Morgan fingerprint density at radius 2 is 1.71 bits per heavy atom. The molecule has 24 heavy (non-hydrogen) atoms. The second kappa shape index (κ2) is 9.49. The Kier molecular flexibility index (Phi) is 8.44. The molecular formula is C16H23NO7. The predicted molar refractivity (Wildman–Crippen MR) is 86.6 cm³/mol. The molecule has 1 unspecified atom stereocenters. The fourth-order valence-corrected chi connectivity index (χ4v) is 1.36. The summed E-state index contributed by atoms with van der Waals surface area (Å²) in [6.07, 6.45) is -0.738. The second-order valence-corrected chi connectivity index (χ2v) is 6.24. The van der Waals surface area contributed by atoms with Gasteiger partial charge < -0.3 is 14.6 Å². The van der Waals surface area contributed by atoms with E-state index in [0.717, 1.165) is 0 Å². The van der Waals surface area contributed by atoms with Gasteiger partial charge in [0.15, 0.2) is 0 Å². The number of nitro groups is 1. The normalized spacial score (nSPS) is 11.8. The van der Waals surface area contributed by atoms with Crippen molar-refractivity contribution in [1.82, 2.24) is 0 Å². The Bertz CT molecular complexity index is 547. The van der Waals surface area contributed by atoms with E-state index in [0.29, 0.717) is 5.75 Å². The lowest BCUT2D eigenvalue weighted by Crippen LogP contribution is -2.34. The van der Waals surface area contributed by atoms with Crippen LogP contribution in [0, 0.1) is 21.4 Å². The number of hydrogen-bond acceptors (Lipinski definition) is 6.